The molecule has 1 saturated carbocycles. The lowest BCUT2D eigenvalue weighted by Gasteiger charge is -1.94. The minimum atomic E-state index is -0.126. The van der Waals surface area contributed by atoms with Crippen LogP contribution in [0.1, 0.15) is 12.8 Å². The number of methoxy groups -OCH3 is 1. The predicted octanol–water partition coefficient (Wildman–Crippen LogP) is 0.178. The Labute approximate surface area is 60.0 Å². The van der Waals surface area contributed by atoms with Gasteiger partial charge in [0.05, 0.1) is 13.0 Å². The number of esters is 1. The van der Waals surface area contributed by atoms with Gasteiger partial charge in [0.2, 0.25) is 0 Å². The molecule has 10 heavy (non-hydrogen) atoms. The Bertz CT molecular complexity index is 133. The second-order valence-corrected chi connectivity index (χ2v) is 2.64. The van der Waals surface area contributed by atoms with Gasteiger partial charge in [-0.15, -0.1) is 0 Å². The van der Waals surface area contributed by atoms with E-state index >= 15 is 0 Å². The van der Waals surface area contributed by atoms with Crippen LogP contribution >= 0.6 is 0 Å². The summed E-state index contributed by atoms with van der Waals surface area (Å²) in [6, 6.07) is 0. The Morgan fingerprint density at radius 3 is 3.00 bits per heavy atom. The summed E-state index contributed by atoms with van der Waals surface area (Å²) in [6.07, 6.45) is 1.63. The van der Waals surface area contributed by atoms with Crippen molar-refractivity contribution >= 4 is 5.97 Å². The smallest absolute Gasteiger partial charge is 0.308 e. The molecule has 1 rings (SSSR count). The van der Waals surface area contributed by atoms with Crippen molar-refractivity contribution in [3.63, 3.8) is 0 Å². The minimum Gasteiger partial charge on any atom is -0.469 e. The lowest BCUT2D eigenvalue weighted by molar-refractivity contribution is -0.142. The molecule has 2 atom stereocenters. The molecular weight excluding hydrogens is 132 g/mol. The standard InChI is InChI=1S/C7H12O3/c1-10-7(9)6-4-5(6)2-3-8/h5-6,8H,2-4H2,1H3. The van der Waals surface area contributed by atoms with Gasteiger partial charge in [0.15, 0.2) is 0 Å². The number of aliphatic hydroxyl groups excluding tert-OH is 1. The van der Waals surface area contributed by atoms with Crippen LogP contribution in [0.25, 0.3) is 0 Å². The molecule has 0 bridgehead atoms. The number of hydrogen-bond acceptors (Lipinski definition) is 3. The second kappa shape index (κ2) is 3.01. The number of ether oxygens (including phenoxy) is 1. The third-order valence-electron chi connectivity index (χ3n) is 1.93. The molecule has 3 heteroatoms. The van der Waals surface area contributed by atoms with Gasteiger partial charge in [-0.05, 0) is 18.8 Å². The van der Waals surface area contributed by atoms with Crippen LogP contribution in [0.15, 0.2) is 0 Å². The van der Waals surface area contributed by atoms with E-state index in [-0.39, 0.29) is 18.5 Å². The second-order valence-electron chi connectivity index (χ2n) is 2.64. The molecule has 0 aromatic rings. The van der Waals surface area contributed by atoms with E-state index in [1.165, 1.54) is 7.11 Å². The monoisotopic (exact) mass is 144 g/mol. The molecule has 1 aliphatic carbocycles. The van der Waals surface area contributed by atoms with E-state index in [1.54, 1.807) is 0 Å². The fraction of sp³-hybridized carbons (Fsp3) is 0.857. The first kappa shape index (κ1) is 7.54. The van der Waals surface area contributed by atoms with Crippen molar-refractivity contribution in [3.05, 3.63) is 0 Å². The largest absolute Gasteiger partial charge is 0.469 e. The van der Waals surface area contributed by atoms with Gasteiger partial charge in [-0.3, -0.25) is 4.79 Å². The van der Waals surface area contributed by atoms with E-state index in [0.717, 1.165) is 12.8 Å². The van der Waals surface area contributed by atoms with E-state index in [2.05, 4.69) is 4.74 Å². The zero-order chi connectivity index (χ0) is 7.56. The number of hydrogen-bond donors (Lipinski definition) is 1. The lowest BCUT2D eigenvalue weighted by atomic mass is 10.2. The summed E-state index contributed by atoms with van der Waals surface area (Å²) in [5.74, 6) is 0.341. The zero-order valence-corrected chi connectivity index (χ0v) is 6.04. The number of aliphatic hydroxyl groups is 1. The van der Waals surface area contributed by atoms with E-state index in [9.17, 15) is 4.79 Å². The van der Waals surface area contributed by atoms with Crippen molar-refractivity contribution < 1.29 is 14.6 Å². The highest BCUT2D eigenvalue weighted by molar-refractivity contribution is 5.75. The highest BCUT2D eigenvalue weighted by Gasteiger charge is 2.42. The van der Waals surface area contributed by atoms with E-state index in [4.69, 9.17) is 5.11 Å². The van der Waals surface area contributed by atoms with Crippen molar-refractivity contribution in [2.45, 2.75) is 12.8 Å². The number of carbonyl (C=O) groups is 1. The van der Waals surface area contributed by atoms with Crippen LogP contribution in [0.4, 0.5) is 0 Å². The topological polar surface area (TPSA) is 46.5 Å². The highest BCUT2D eigenvalue weighted by Crippen LogP contribution is 2.41. The van der Waals surface area contributed by atoms with Gasteiger partial charge >= 0.3 is 5.97 Å². The first-order valence-corrected chi connectivity index (χ1v) is 3.48. The summed E-state index contributed by atoms with van der Waals surface area (Å²) in [6.45, 7) is 0.179. The Morgan fingerprint density at radius 2 is 2.50 bits per heavy atom. The van der Waals surface area contributed by atoms with Crippen molar-refractivity contribution in [2.75, 3.05) is 13.7 Å². The van der Waals surface area contributed by atoms with Gasteiger partial charge in [-0.1, -0.05) is 0 Å². The lowest BCUT2D eigenvalue weighted by Crippen LogP contribution is -2.04. The molecule has 1 aliphatic rings. The molecule has 1 N–H and O–H groups in total. The SMILES string of the molecule is COC(=O)C1CC1CCO. The average molecular weight is 144 g/mol. The molecular formula is C7H12O3. The molecule has 0 spiro atoms. The molecule has 2 unspecified atom stereocenters. The van der Waals surface area contributed by atoms with Crippen molar-refractivity contribution in [3.8, 4) is 0 Å². The molecule has 0 amide bonds. The van der Waals surface area contributed by atoms with Gasteiger partial charge in [-0.25, -0.2) is 0 Å². The average Bonchev–Trinajstić information content (AvgIpc) is 2.67. The van der Waals surface area contributed by atoms with Crippen molar-refractivity contribution in [2.24, 2.45) is 11.8 Å². The van der Waals surface area contributed by atoms with Crippen LogP contribution in [-0.4, -0.2) is 24.8 Å². The number of carbonyl (C=O) groups excluding carboxylic acids is 1. The first-order chi connectivity index (χ1) is 4.79. The maximum atomic E-state index is 10.8. The third kappa shape index (κ3) is 1.48. The van der Waals surface area contributed by atoms with Gasteiger partial charge in [0, 0.05) is 6.61 Å². The molecule has 0 aromatic carbocycles. The Hall–Kier alpha value is -0.570. The molecule has 0 radical (unpaired) electrons. The molecule has 1 fully saturated rings. The molecule has 58 valence electrons. The summed E-state index contributed by atoms with van der Waals surface area (Å²) in [5.41, 5.74) is 0. The van der Waals surface area contributed by atoms with Crippen molar-refractivity contribution in [1.29, 1.82) is 0 Å². The summed E-state index contributed by atoms with van der Waals surface area (Å²) in [7, 11) is 1.40. The minimum absolute atomic E-state index is 0.0807. The Kier molecular flexibility index (Phi) is 2.27. The van der Waals surface area contributed by atoms with Crippen LogP contribution in [0, 0.1) is 11.8 Å². The maximum Gasteiger partial charge on any atom is 0.308 e. The van der Waals surface area contributed by atoms with Gasteiger partial charge in [0.25, 0.3) is 0 Å². The Morgan fingerprint density at radius 1 is 1.80 bits per heavy atom. The van der Waals surface area contributed by atoms with Gasteiger partial charge in [0.1, 0.15) is 0 Å². The van der Waals surface area contributed by atoms with Crippen LogP contribution in [0.2, 0.25) is 0 Å². The Balaban J connectivity index is 2.18. The highest BCUT2D eigenvalue weighted by atomic mass is 16.5. The predicted molar refractivity (Wildman–Crippen MR) is 35.3 cm³/mol. The van der Waals surface area contributed by atoms with Crippen LogP contribution in [0.5, 0.6) is 0 Å². The van der Waals surface area contributed by atoms with Crippen LogP contribution in [-0.2, 0) is 9.53 Å². The fourth-order valence-electron chi connectivity index (χ4n) is 1.17. The van der Waals surface area contributed by atoms with Crippen molar-refractivity contribution in [1.82, 2.24) is 0 Å². The molecule has 0 aliphatic heterocycles. The summed E-state index contributed by atoms with van der Waals surface area (Å²) < 4.78 is 4.53. The van der Waals surface area contributed by atoms with Crippen LogP contribution < -0.4 is 0 Å². The molecule has 3 nitrogen and oxygen atoms in total. The molecule has 0 saturated heterocycles. The summed E-state index contributed by atoms with van der Waals surface area (Å²) in [5, 5.41) is 8.50. The zero-order valence-electron chi connectivity index (χ0n) is 6.04. The van der Waals surface area contributed by atoms with Crippen LogP contribution in [0.3, 0.4) is 0 Å². The number of rotatable bonds is 3. The van der Waals surface area contributed by atoms with E-state index in [1.807, 2.05) is 0 Å². The molecule has 0 aromatic heterocycles. The van der Waals surface area contributed by atoms with E-state index < -0.39 is 0 Å². The first-order valence-electron chi connectivity index (χ1n) is 3.48. The third-order valence-corrected chi connectivity index (χ3v) is 1.93. The van der Waals surface area contributed by atoms with E-state index in [0.29, 0.717) is 5.92 Å². The van der Waals surface area contributed by atoms with Gasteiger partial charge < -0.3 is 9.84 Å². The maximum absolute atomic E-state index is 10.8. The summed E-state index contributed by atoms with van der Waals surface area (Å²) in [4.78, 5) is 10.8. The van der Waals surface area contributed by atoms with Gasteiger partial charge in [-0.2, -0.15) is 0 Å². The fourth-order valence-corrected chi connectivity index (χ4v) is 1.17. The quantitative estimate of drug-likeness (QED) is 0.575. The summed E-state index contributed by atoms with van der Waals surface area (Å²) >= 11 is 0. The molecule has 0 heterocycles. The normalized spacial score (nSPS) is 29.8.